The Morgan fingerprint density at radius 1 is 1.09 bits per heavy atom. The minimum Gasteiger partial charge on any atom is -0.344 e. The van der Waals surface area contributed by atoms with Gasteiger partial charge >= 0.3 is 0 Å². The number of benzene rings is 3. The Morgan fingerprint density at radius 3 is 2.60 bits per heavy atom. The van der Waals surface area contributed by atoms with Crippen molar-refractivity contribution in [2.45, 2.75) is 13.0 Å². The van der Waals surface area contributed by atoms with Crippen LogP contribution in [0.2, 0.25) is 10.0 Å². The summed E-state index contributed by atoms with van der Waals surface area (Å²) in [5.41, 5.74) is 1.26. The lowest BCUT2D eigenvalue weighted by Crippen LogP contribution is -2.27. The van der Waals surface area contributed by atoms with E-state index >= 15 is 0 Å². The van der Waals surface area contributed by atoms with Crippen molar-refractivity contribution in [2.24, 2.45) is 0 Å². The number of carbonyl (C=O) groups is 1. The molecule has 0 aliphatic heterocycles. The normalized spacial score (nSPS) is 11.9. The maximum Gasteiger partial charge on any atom is 0.275 e. The molecular weight excluding hydrogens is 485 g/mol. The maximum absolute atomic E-state index is 13.0. The standard InChI is InChI=1S/C26H17Cl2N5O2/c1-14(16-8-9-20(27)21(28)11-16)30-25(34)23-19(12-29)24-26(35)31-22(13-33(24)32-23)18-7-6-15-4-2-3-5-17(15)10-18/h2-11,13-14H,1H3,(H,30,34)(H,31,35). The van der Waals surface area contributed by atoms with Crippen LogP contribution in [0.15, 0.2) is 71.7 Å². The molecule has 2 aromatic heterocycles. The number of halogens is 2. The molecule has 0 bridgehead atoms. The van der Waals surface area contributed by atoms with Crippen molar-refractivity contribution in [3.63, 3.8) is 0 Å². The molecule has 2 heterocycles. The molecule has 7 nitrogen and oxygen atoms in total. The van der Waals surface area contributed by atoms with Gasteiger partial charge in [-0.05, 0) is 41.5 Å². The Hall–Kier alpha value is -4.12. The van der Waals surface area contributed by atoms with Crippen molar-refractivity contribution in [2.75, 3.05) is 0 Å². The quantitative estimate of drug-likeness (QED) is 0.338. The summed E-state index contributed by atoms with van der Waals surface area (Å²) in [5, 5.41) is 19.7. The molecule has 2 N–H and O–H groups in total. The lowest BCUT2D eigenvalue weighted by molar-refractivity contribution is 0.0934. The summed E-state index contributed by atoms with van der Waals surface area (Å²) in [7, 11) is 0. The van der Waals surface area contributed by atoms with Crippen LogP contribution in [0.5, 0.6) is 0 Å². The lowest BCUT2D eigenvalue weighted by Gasteiger charge is -2.14. The largest absolute Gasteiger partial charge is 0.344 e. The summed E-state index contributed by atoms with van der Waals surface area (Å²) in [5.74, 6) is -0.588. The van der Waals surface area contributed by atoms with E-state index in [-0.39, 0.29) is 16.8 Å². The number of aromatic amines is 1. The number of fused-ring (bicyclic) bond motifs is 2. The highest BCUT2D eigenvalue weighted by molar-refractivity contribution is 6.42. The zero-order valence-corrected chi connectivity index (χ0v) is 19.9. The summed E-state index contributed by atoms with van der Waals surface area (Å²) in [4.78, 5) is 28.8. The van der Waals surface area contributed by atoms with Crippen LogP contribution >= 0.6 is 23.2 Å². The SMILES string of the molecule is CC(NC(=O)c1nn2cc(-c3ccc4ccccc4c3)[nH]c(=O)c2c1C#N)c1ccc(Cl)c(Cl)c1. The highest BCUT2D eigenvalue weighted by atomic mass is 35.5. The molecule has 0 radical (unpaired) electrons. The maximum atomic E-state index is 13.0. The lowest BCUT2D eigenvalue weighted by atomic mass is 10.1. The topological polar surface area (TPSA) is 103 Å². The highest BCUT2D eigenvalue weighted by Gasteiger charge is 2.24. The van der Waals surface area contributed by atoms with Crippen LogP contribution in [0.4, 0.5) is 0 Å². The zero-order valence-electron chi connectivity index (χ0n) is 18.3. The molecule has 0 aliphatic carbocycles. The number of nitriles is 1. The van der Waals surface area contributed by atoms with Crippen LogP contribution in [0.25, 0.3) is 27.5 Å². The molecule has 0 saturated carbocycles. The van der Waals surface area contributed by atoms with E-state index in [1.807, 2.05) is 48.5 Å². The Kier molecular flexibility index (Phi) is 5.77. The van der Waals surface area contributed by atoms with Crippen LogP contribution in [0.3, 0.4) is 0 Å². The average Bonchev–Trinajstić information content (AvgIpc) is 3.24. The van der Waals surface area contributed by atoms with Gasteiger partial charge < -0.3 is 10.3 Å². The van der Waals surface area contributed by atoms with Gasteiger partial charge in [-0.25, -0.2) is 4.52 Å². The fourth-order valence-electron chi connectivity index (χ4n) is 3.98. The van der Waals surface area contributed by atoms with E-state index in [2.05, 4.69) is 15.4 Å². The molecule has 1 atom stereocenters. The minimum atomic E-state index is -0.588. The molecule has 1 amide bonds. The van der Waals surface area contributed by atoms with Gasteiger partial charge in [0, 0.05) is 5.56 Å². The van der Waals surface area contributed by atoms with Crippen molar-refractivity contribution >= 4 is 45.4 Å². The van der Waals surface area contributed by atoms with Gasteiger partial charge in [-0.15, -0.1) is 0 Å². The smallest absolute Gasteiger partial charge is 0.275 e. The van der Waals surface area contributed by atoms with Crippen LogP contribution in [0.1, 0.15) is 34.6 Å². The second-order valence-corrected chi connectivity index (χ2v) is 8.87. The molecule has 9 heteroatoms. The van der Waals surface area contributed by atoms with E-state index in [0.29, 0.717) is 15.7 Å². The fourth-order valence-corrected chi connectivity index (χ4v) is 4.29. The molecular formula is C26H17Cl2N5O2. The van der Waals surface area contributed by atoms with Gasteiger partial charge in [0.05, 0.1) is 28.0 Å². The first kappa shape index (κ1) is 22.7. The predicted octanol–water partition coefficient (Wildman–Crippen LogP) is 5.51. The number of aromatic nitrogens is 3. The van der Waals surface area contributed by atoms with Crippen LogP contribution in [-0.2, 0) is 0 Å². The molecule has 1 unspecified atom stereocenters. The summed E-state index contributed by atoms with van der Waals surface area (Å²) in [6, 6.07) is 20.2. The first-order chi connectivity index (χ1) is 16.9. The summed E-state index contributed by atoms with van der Waals surface area (Å²) in [6.07, 6.45) is 1.60. The summed E-state index contributed by atoms with van der Waals surface area (Å²) in [6.45, 7) is 1.77. The van der Waals surface area contributed by atoms with E-state index in [0.717, 1.165) is 21.9 Å². The molecule has 172 valence electrons. The van der Waals surface area contributed by atoms with E-state index in [9.17, 15) is 14.9 Å². The van der Waals surface area contributed by atoms with Crippen molar-refractivity contribution in [3.8, 4) is 17.3 Å². The Morgan fingerprint density at radius 2 is 1.86 bits per heavy atom. The minimum absolute atomic E-state index is 0.00406. The second-order valence-electron chi connectivity index (χ2n) is 8.06. The Balaban J connectivity index is 1.53. The zero-order chi connectivity index (χ0) is 24.7. The number of carbonyl (C=O) groups excluding carboxylic acids is 1. The van der Waals surface area contributed by atoms with Gasteiger partial charge in [0.2, 0.25) is 0 Å². The number of nitrogens with one attached hydrogen (secondary N) is 2. The van der Waals surface area contributed by atoms with E-state index in [1.54, 1.807) is 31.3 Å². The molecule has 5 aromatic rings. The number of H-pyrrole nitrogens is 1. The molecule has 0 fully saturated rings. The molecule has 35 heavy (non-hydrogen) atoms. The fraction of sp³-hybridized carbons (Fsp3) is 0.0769. The number of hydrogen-bond donors (Lipinski definition) is 2. The summed E-state index contributed by atoms with van der Waals surface area (Å²) < 4.78 is 1.28. The Labute approximate surface area is 209 Å². The van der Waals surface area contributed by atoms with Gasteiger partial charge in [0.1, 0.15) is 17.1 Å². The Bertz CT molecular complexity index is 1730. The monoisotopic (exact) mass is 501 g/mol. The van der Waals surface area contributed by atoms with E-state index in [1.165, 1.54) is 4.52 Å². The molecule has 0 spiro atoms. The molecule has 0 saturated heterocycles. The van der Waals surface area contributed by atoms with Crippen LogP contribution in [-0.4, -0.2) is 20.5 Å². The number of amides is 1. The summed E-state index contributed by atoms with van der Waals surface area (Å²) >= 11 is 12.1. The molecule has 5 rings (SSSR count). The van der Waals surface area contributed by atoms with Crippen molar-refractivity contribution in [3.05, 3.63) is 104 Å². The first-order valence-corrected chi connectivity index (χ1v) is 11.4. The second kappa shape index (κ2) is 8.91. The van der Waals surface area contributed by atoms with Gasteiger partial charge in [0.15, 0.2) is 5.69 Å². The molecule has 3 aromatic carbocycles. The number of rotatable bonds is 4. The third-order valence-corrected chi connectivity index (χ3v) is 6.54. The number of hydrogen-bond acceptors (Lipinski definition) is 4. The van der Waals surface area contributed by atoms with Gasteiger partial charge in [-0.1, -0.05) is 65.7 Å². The van der Waals surface area contributed by atoms with Crippen LogP contribution < -0.4 is 10.9 Å². The predicted molar refractivity (Wildman–Crippen MR) is 136 cm³/mol. The van der Waals surface area contributed by atoms with Gasteiger partial charge in [0.25, 0.3) is 11.5 Å². The van der Waals surface area contributed by atoms with E-state index in [4.69, 9.17) is 23.2 Å². The third-order valence-electron chi connectivity index (χ3n) is 5.80. The molecule has 0 aliphatic rings. The first-order valence-electron chi connectivity index (χ1n) is 10.7. The van der Waals surface area contributed by atoms with Crippen molar-refractivity contribution in [1.29, 1.82) is 5.26 Å². The van der Waals surface area contributed by atoms with Crippen LogP contribution in [0, 0.1) is 11.3 Å². The third kappa shape index (κ3) is 4.14. The highest BCUT2D eigenvalue weighted by Crippen LogP contribution is 2.26. The van der Waals surface area contributed by atoms with Gasteiger partial charge in [-0.2, -0.15) is 10.4 Å². The average molecular weight is 502 g/mol. The van der Waals surface area contributed by atoms with Crippen molar-refractivity contribution in [1.82, 2.24) is 19.9 Å². The van der Waals surface area contributed by atoms with Gasteiger partial charge in [-0.3, -0.25) is 9.59 Å². The number of nitrogens with zero attached hydrogens (tertiary/aromatic N) is 3. The van der Waals surface area contributed by atoms with E-state index < -0.39 is 17.5 Å². The van der Waals surface area contributed by atoms with Crippen molar-refractivity contribution < 1.29 is 4.79 Å².